The molecule has 0 fully saturated rings. The molecule has 3 nitrogen and oxygen atoms in total. The molecule has 1 heterocycles. The summed E-state index contributed by atoms with van der Waals surface area (Å²) < 4.78 is 6.05. The van der Waals surface area contributed by atoms with Crippen LogP contribution in [0.2, 0.25) is 0 Å². The zero-order chi connectivity index (χ0) is 14.7. The van der Waals surface area contributed by atoms with Crippen LogP contribution in [0.5, 0.6) is 5.75 Å². The van der Waals surface area contributed by atoms with Crippen LogP contribution in [-0.2, 0) is 13.0 Å². The summed E-state index contributed by atoms with van der Waals surface area (Å²) >= 11 is 0. The fourth-order valence-electron chi connectivity index (χ4n) is 3.03. The molecule has 1 unspecified atom stereocenters. The van der Waals surface area contributed by atoms with Gasteiger partial charge in [0.05, 0.1) is 5.69 Å². The molecule has 0 amide bonds. The first kappa shape index (κ1) is 14.1. The Labute approximate surface area is 126 Å². The maximum Gasteiger partial charge on any atom is 0.130 e. The van der Waals surface area contributed by atoms with E-state index in [1.807, 2.05) is 12.3 Å². The molecule has 0 bridgehead atoms. The van der Waals surface area contributed by atoms with Crippen LogP contribution in [0.4, 0.5) is 0 Å². The smallest absolute Gasteiger partial charge is 0.130 e. The van der Waals surface area contributed by atoms with Crippen LogP contribution in [0, 0.1) is 6.92 Å². The minimum absolute atomic E-state index is 0.477. The third kappa shape index (κ3) is 2.93. The molecule has 3 heteroatoms. The van der Waals surface area contributed by atoms with Gasteiger partial charge in [-0.25, -0.2) is 0 Å². The average molecular weight is 282 g/mol. The number of aryl methyl sites for hydroxylation is 1. The maximum absolute atomic E-state index is 6.05. The highest BCUT2D eigenvalue weighted by molar-refractivity contribution is 5.45. The summed E-state index contributed by atoms with van der Waals surface area (Å²) in [5.74, 6) is 1.01. The zero-order valence-electron chi connectivity index (χ0n) is 12.7. The minimum Gasteiger partial charge on any atom is -0.487 e. The SMILES string of the molecule is CCNC1CCc2c(OCc3ncccc3C)cccc21. The molecule has 1 aliphatic carbocycles. The van der Waals surface area contributed by atoms with Crippen molar-refractivity contribution in [2.75, 3.05) is 6.54 Å². The van der Waals surface area contributed by atoms with Gasteiger partial charge in [0.1, 0.15) is 12.4 Å². The highest BCUT2D eigenvalue weighted by atomic mass is 16.5. The fraction of sp³-hybridized carbons (Fsp3) is 0.389. The van der Waals surface area contributed by atoms with Crippen molar-refractivity contribution < 1.29 is 4.74 Å². The quantitative estimate of drug-likeness (QED) is 0.910. The van der Waals surface area contributed by atoms with Crippen LogP contribution in [0.25, 0.3) is 0 Å². The minimum atomic E-state index is 0.477. The van der Waals surface area contributed by atoms with E-state index in [-0.39, 0.29) is 0 Å². The van der Waals surface area contributed by atoms with E-state index in [1.54, 1.807) is 0 Å². The number of rotatable bonds is 5. The van der Waals surface area contributed by atoms with E-state index >= 15 is 0 Å². The first-order chi connectivity index (χ1) is 10.3. The van der Waals surface area contributed by atoms with Crippen molar-refractivity contribution in [2.45, 2.75) is 39.3 Å². The lowest BCUT2D eigenvalue weighted by Gasteiger charge is -2.14. The Balaban J connectivity index is 1.77. The van der Waals surface area contributed by atoms with Gasteiger partial charge in [0.25, 0.3) is 0 Å². The number of aromatic nitrogens is 1. The van der Waals surface area contributed by atoms with Gasteiger partial charge in [-0.2, -0.15) is 0 Å². The van der Waals surface area contributed by atoms with Crippen LogP contribution in [0.3, 0.4) is 0 Å². The molecule has 1 aromatic heterocycles. The van der Waals surface area contributed by atoms with Gasteiger partial charge >= 0.3 is 0 Å². The van der Waals surface area contributed by atoms with Gasteiger partial charge in [-0.15, -0.1) is 0 Å². The Morgan fingerprint density at radius 2 is 2.19 bits per heavy atom. The van der Waals surface area contributed by atoms with E-state index in [9.17, 15) is 0 Å². The fourth-order valence-corrected chi connectivity index (χ4v) is 3.03. The number of nitrogens with one attached hydrogen (secondary N) is 1. The van der Waals surface area contributed by atoms with E-state index < -0.39 is 0 Å². The second kappa shape index (κ2) is 6.27. The summed E-state index contributed by atoms with van der Waals surface area (Å²) in [5.41, 5.74) is 4.94. The molecule has 0 spiro atoms. The Morgan fingerprint density at radius 3 is 3.00 bits per heavy atom. The lowest BCUT2D eigenvalue weighted by Crippen LogP contribution is -2.18. The topological polar surface area (TPSA) is 34.1 Å². The largest absolute Gasteiger partial charge is 0.487 e. The number of pyridine rings is 1. The summed E-state index contributed by atoms with van der Waals surface area (Å²) in [4.78, 5) is 4.39. The van der Waals surface area contributed by atoms with E-state index in [2.05, 4.69) is 48.4 Å². The molecule has 0 saturated carbocycles. The second-order valence-corrected chi connectivity index (χ2v) is 5.53. The zero-order valence-corrected chi connectivity index (χ0v) is 12.7. The van der Waals surface area contributed by atoms with E-state index in [4.69, 9.17) is 4.74 Å². The number of hydrogen-bond acceptors (Lipinski definition) is 3. The predicted molar refractivity (Wildman–Crippen MR) is 84.5 cm³/mol. The number of fused-ring (bicyclic) bond motifs is 1. The third-order valence-electron chi connectivity index (χ3n) is 4.16. The summed E-state index contributed by atoms with van der Waals surface area (Å²) in [6.07, 6.45) is 4.07. The van der Waals surface area contributed by atoms with Gasteiger partial charge in [0.15, 0.2) is 0 Å². The number of nitrogens with zero attached hydrogens (tertiary/aromatic N) is 1. The van der Waals surface area contributed by atoms with Crippen molar-refractivity contribution in [3.8, 4) is 5.75 Å². The van der Waals surface area contributed by atoms with Crippen molar-refractivity contribution in [3.63, 3.8) is 0 Å². The summed E-state index contributed by atoms with van der Waals surface area (Å²) in [6.45, 7) is 5.77. The van der Waals surface area contributed by atoms with E-state index in [0.29, 0.717) is 12.6 Å². The highest BCUT2D eigenvalue weighted by Gasteiger charge is 2.24. The normalized spacial score (nSPS) is 16.8. The molecular weight excluding hydrogens is 260 g/mol. The molecule has 0 aliphatic heterocycles. The first-order valence-corrected chi connectivity index (χ1v) is 7.68. The molecule has 1 atom stereocenters. The lowest BCUT2D eigenvalue weighted by molar-refractivity contribution is 0.297. The van der Waals surface area contributed by atoms with Crippen molar-refractivity contribution in [1.82, 2.24) is 10.3 Å². The van der Waals surface area contributed by atoms with Crippen molar-refractivity contribution in [1.29, 1.82) is 0 Å². The van der Waals surface area contributed by atoms with Gasteiger partial charge in [0, 0.05) is 12.2 Å². The summed E-state index contributed by atoms with van der Waals surface area (Å²) in [7, 11) is 0. The van der Waals surface area contributed by atoms with Crippen molar-refractivity contribution in [3.05, 3.63) is 58.9 Å². The summed E-state index contributed by atoms with van der Waals surface area (Å²) in [6, 6.07) is 10.9. The average Bonchev–Trinajstić information content (AvgIpc) is 2.91. The molecular formula is C18H22N2O. The lowest BCUT2D eigenvalue weighted by atomic mass is 10.1. The Morgan fingerprint density at radius 1 is 1.29 bits per heavy atom. The van der Waals surface area contributed by atoms with Gasteiger partial charge in [-0.3, -0.25) is 4.98 Å². The molecule has 1 N–H and O–H groups in total. The van der Waals surface area contributed by atoms with Crippen LogP contribution in [0.15, 0.2) is 36.5 Å². The van der Waals surface area contributed by atoms with Crippen LogP contribution >= 0.6 is 0 Å². The van der Waals surface area contributed by atoms with Crippen LogP contribution < -0.4 is 10.1 Å². The van der Waals surface area contributed by atoms with Crippen LogP contribution in [-0.4, -0.2) is 11.5 Å². The molecule has 3 rings (SSSR count). The van der Waals surface area contributed by atoms with Gasteiger partial charge in [-0.05, 0) is 55.1 Å². The molecule has 0 radical (unpaired) electrons. The highest BCUT2D eigenvalue weighted by Crippen LogP contribution is 2.37. The van der Waals surface area contributed by atoms with Gasteiger partial charge in [-0.1, -0.05) is 25.1 Å². The molecule has 1 aromatic carbocycles. The Bertz CT molecular complexity index is 624. The monoisotopic (exact) mass is 282 g/mol. The standard InChI is InChI=1S/C18H22N2O/c1-3-19-16-10-9-15-14(16)7-4-8-18(15)21-12-17-13(2)6-5-11-20-17/h4-8,11,16,19H,3,9-10,12H2,1-2H3. The van der Waals surface area contributed by atoms with Gasteiger partial charge in [0.2, 0.25) is 0 Å². The molecule has 110 valence electrons. The molecule has 21 heavy (non-hydrogen) atoms. The third-order valence-corrected chi connectivity index (χ3v) is 4.16. The number of ether oxygens (including phenoxy) is 1. The summed E-state index contributed by atoms with van der Waals surface area (Å²) in [5, 5.41) is 3.54. The second-order valence-electron chi connectivity index (χ2n) is 5.53. The predicted octanol–water partition coefficient (Wildman–Crippen LogP) is 3.57. The number of hydrogen-bond donors (Lipinski definition) is 1. The molecule has 2 aromatic rings. The van der Waals surface area contributed by atoms with E-state index in [1.165, 1.54) is 16.7 Å². The maximum atomic E-state index is 6.05. The first-order valence-electron chi connectivity index (χ1n) is 7.68. The Hall–Kier alpha value is -1.87. The van der Waals surface area contributed by atoms with Crippen molar-refractivity contribution in [2.24, 2.45) is 0 Å². The van der Waals surface area contributed by atoms with Crippen LogP contribution in [0.1, 0.15) is 41.8 Å². The number of benzene rings is 1. The van der Waals surface area contributed by atoms with Gasteiger partial charge < -0.3 is 10.1 Å². The molecule has 1 aliphatic rings. The molecule has 0 saturated heterocycles. The van der Waals surface area contributed by atoms with Crippen molar-refractivity contribution >= 4 is 0 Å². The Kier molecular flexibility index (Phi) is 4.20. The van der Waals surface area contributed by atoms with E-state index in [0.717, 1.165) is 30.8 Å².